The van der Waals surface area contributed by atoms with Crippen LogP contribution in [0.15, 0.2) is 66.7 Å². The molecule has 2 aromatic carbocycles. The van der Waals surface area contributed by atoms with Crippen molar-refractivity contribution < 1.29 is 0 Å². The van der Waals surface area contributed by atoms with Gasteiger partial charge in [0.1, 0.15) is 11.2 Å². The molecule has 0 unspecified atom stereocenters. The number of rotatable bonds is 3. The monoisotopic (exact) mass is 382 g/mol. The molecule has 29 heavy (non-hydrogen) atoms. The van der Waals surface area contributed by atoms with Gasteiger partial charge < -0.3 is 16.0 Å². The minimum Gasteiger partial charge on any atom is -0.368 e. The van der Waals surface area contributed by atoms with Crippen LogP contribution >= 0.6 is 0 Å². The Balaban J connectivity index is 1.67. The number of nitrogen functional groups attached to an aromatic ring is 1. The highest BCUT2D eigenvalue weighted by atomic mass is 15.2. The zero-order valence-electron chi connectivity index (χ0n) is 16.0. The van der Waals surface area contributed by atoms with Gasteiger partial charge in [-0.15, -0.1) is 0 Å². The summed E-state index contributed by atoms with van der Waals surface area (Å²) in [5.41, 5.74) is 12.5. The molecule has 3 heterocycles. The van der Waals surface area contributed by atoms with Crippen molar-refractivity contribution in [2.75, 3.05) is 36.8 Å². The van der Waals surface area contributed by atoms with E-state index < -0.39 is 0 Å². The lowest BCUT2D eigenvalue weighted by molar-refractivity contribution is 0.589. The average molecular weight is 382 g/mol. The second-order valence-corrected chi connectivity index (χ2v) is 7.11. The van der Waals surface area contributed by atoms with Crippen LogP contribution in [0.5, 0.6) is 0 Å². The van der Waals surface area contributed by atoms with Crippen molar-refractivity contribution in [3.8, 4) is 22.5 Å². The number of benzene rings is 2. The number of aromatic nitrogens is 3. The zero-order valence-corrected chi connectivity index (χ0v) is 16.0. The molecule has 0 saturated carbocycles. The van der Waals surface area contributed by atoms with Gasteiger partial charge in [-0.1, -0.05) is 48.5 Å². The van der Waals surface area contributed by atoms with Crippen molar-refractivity contribution in [2.45, 2.75) is 0 Å². The van der Waals surface area contributed by atoms with Gasteiger partial charge in [0.25, 0.3) is 0 Å². The van der Waals surface area contributed by atoms with E-state index in [0.29, 0.717) is 0 Å². The first-order chi connectivity index (χ1) is 14.3. The van der Waals surface area contributed by atoms with Crippen LogP contribution in [-0.4, -0.2) is 41.1 Å². The van der Waals surface area contributed by atoms with Gasteiger partial charge in [-0.25, -0.2) is 15.0 Å². The number of nitrogens with one attached hydrogen (secondary N) is 1. The lowest BCUT2D eigenvalue weighted by Gasteiger charge is -2.31. The first kappa shape index (κ1) is 17.6. The molecule has 0 aliphatic carbocycles. The number of fused-ring (bicyclic) bond motifs is 1. The van der Waals surface area contributed by atoms with Crippen molar-refractivity contribution in [2.24, 2.45) is 0 Å². The lowest BCUT2D eigenvalue weighted by Crippen LogP contribution is -2.43. The maximum Gasteiger partial charge on any atom is 0.221 e. The number of anilines is 2. The summed E-state index contributed by atoms with van der Waals surface area (Å²) in [6, 6.07) is 22.4. The van der Waals surface area contributed by atoms with Gasteiger partial charge in [-0.3, -0.25) is 0 Å². The highest BCUT2D eigenvalue weighted by molar-refractivity contribution is 5.92. The minimum absolute atomic E-state index is 0.257. The van der Waals surface area contributed by atoms with Gasteiger partial charge in [0, 0.05) is 43.0 Å². The molecule has 1 aliphatic rings. The standard InChI is InChI=1S/C23H22N6/c24-23-27-19-11-10-18(26-22(19)21(28-23)16-6-2-1-3-7-16)17-8-4-5-9-20(17)29-14-12-25-13-15-29/h1-11,25H,12-15H2,(H2,24,27,28). The normalized spacial score (nSPS) is 14.3. The molecule has 0 bridgehead atoms. The summed E-state index contributed by atoms with van der Waals surface area (Å²) in [6.07, 6.45) is 0. The Morgan fingerprint density at radius 2 is 1.55 bits per heavy atom. The van der Waals surface area contributed by atoms with Gasteiger partial charge in [-0.05, 0) is 18.2 Å². The second-order valence-electron chi connectivity index (χ2n) is 7.11. The van der Waals surface area contributed by atoms with Crippen molar-refractivity contribution >= 4 is 22.7 Å². The van der Waals surface area contributed by atoms with Gasteiger partial charge >= 0.3 is 0 Å². The van der Waals surface area contributed by atoms with Crippen molar-refractivity contribution in [1.82, 2.24) is 20.3 Å². The molecular formula is C23H22N6. The summed E-state index contributed by atoms with van der Waals surface area (Å²) >= 11 is 0. The summed E-state index contributed by atoms with van der Waals surface area (Å²) < 4.78 is 0. The molecule has 0 amide bonds. The average Bonchev–Trinajstić information content (AvgIpc) is 2.79. The molecule has 3 N–H and O–H groups in total. The number of nitrogens with zero attached hydrogens (tertiary/aromatic N) is 4. The van der Waals surface area contributed by atoms with E-state index in [1.807, 2.05) is 42.5 Å². The summed E-state index contributed by atoms with van der Waals surface area (Å²) in [5, 5.41) is 3.41. The van der Waals surface area contributed by atoms with Gasteiger partial charge in [0.2, 0.25) is 5.95 Å². The molecule has 0 atom stereocenters. The maximum absolute atomic E-state index is 5.97. The van der Waals surface area contributed by atoms with Crippen molar-refractivity contribution in [3.05, 3.63) is 66.7 Å². The first-order valence-corrected chi connectivity index (χ1v) is 9.84. The van der Waals surface area contributed by atoms with Gasteiger partial charge in [0.05, 0.1) is 11.2 Å². The number of hydrogen-bond donors (Lipinski definition) is 2. The predicted molar refractivity (Wildman–Crippen MR) is 118 cm³/mol. The van der Waals surface area contributed by atoms with E-state index >= 15 is 0 Å². The lowest BCUT2D eigenvalue weighted by atomic mass is 10.1. The fourth-order valence-corrected chi connectivity index (χ4v) is 3.85. The van der Waals surface area contributed by atoms with E-state index in [4.69, 9.17) is 10.7 Å². The third kappa shape index (κ3) is 3.39. The van der Waals surface area contributed by atoms with E-state index in [1.54, 1.807) is 0 Å². The molecule has 2 aromatic heterocycles. The molecular weight excluding hydrogens is 360 g/mol. The Labute approximate surface area is 169 Å². The first-order valence-electron chi connectivity index (χ1n) is 9.84. The SMILES string of the molecule is Nc1nc(-c2ccccc2)c2nc(-c3ccccc3N3CCNCC3)ccc2n1. The number of para-hydroxylation sites is 1. The Morgan fingerprint density at radius 3 is 2.38 bits per heavy atom. The van der Waals surface area contributed by atoms with E-state index in [0.717, 1.165) is 59.7 Å². The Bertz CT molecular complexity index is 1150. The van der Waals surface area contributed by atoms with E-state index in [9.17, 15) is 0 Å². The quantitative estimate of drug-likeness (QED) is 0.566. The number of piperazine rings is 1. The van der Waals surface area contributed by atoms with Crippen molar-refractivity contribution in [1.29, 1.82) is 0 Å². The van der Waals surface area contributed by atoms with Crippen LogP contribution in [0, 0.1) is 0 Å². The van der Waals surface area contributed by atoms with Gasteiger partial charge in [0.15, 0.2) is 0 Å². The van der Waals surface area contributed by atoms with Crippen LogP contribution in [-0.2, 0) is 0 Å². The van der Waals surface area contributed by atoms with Crippen LogP contribution in [0.4, 0.5) is 11.6 Å². The molecule has 144 valence electrons. The van der Waals surface area contributed by atoms with Crippen LogP contribution < -0.4 is 16.0 Å². The number of hydrogen-bond acceptors (Lipinski definition) is 6. The second kappa shape index (κ2) is 7.48. The van der Waals surface area contributed by atoms with E-state index in [2.05, 4.69) is 44.5 Å². The molecule has 1 aliphatic heterocycles. The third-order valence-electron chi connectivity index (χ3n) is 5.24. The molecule has 6 nitrogen and oxygen atoms in total. The fourth-order valence-electron chi connectivity index (χ4n) is 3.85. The fraction of sp³-hybridized carbons (Fsp3) is 0.174. The molecule has 0 radical (unpaired) electrons. The van der Waals surface area contributed by atoms with Crippen LogP contribution in [0.1, 0.15) is 0 Å². The maximum atomic E-state index is 5.97. The number of pyridine rings is 1. The third-order valence-corrected chi connectivity index (χ3v) is 5.24. The minimum atomic E-state index is 0.257. The molecule has 4 aromatic rings. The Hall–Kier alpha value is -3.51. The topological polar surface area (TPSA) is 80.0 Å². The van der Waals surface area contributed by atoms with E-state index in [1.165, 1.54) is 5.69 Å². The Kier molecular flexibility index (Phi) is 4.54. The Morgan fingerprint density at radius 1 is 0.793 bits per heavy atom. The van der Waals surface area contributed by atoms with Crippen LogP contribution in [0.3, 0.4) is 0 Å². The van der Waals surface area contributed by atoms with Gasteiger partial charge in [-0.2, -0.15) is 0 Å². The van der Waals surface area contributed by atoms with E-state index in [-0.39, 0.29) is 5.95 Å². The summed E-state index contributed by atoms with van der Waals surface area (Å²) in [5.74, 6) is 0.257. The van der Waals surface area contributed by atoms with Crippen LogP contribution in [0.2, 0.25) is 0 Å². The summed E-state index contributed by atoms with van der Waals surface area (Å²) in [7, 11) is 0. The predicted octanol–water partition coefficient (Wildman–Crippen LogP) is 3.35. The molecule has 5 rings (SSSR count). The summed E-state index contributed by atoms with van der Waals surface area (Å²) in [4.78, 5) is 16.3. The molecule has 0 spiro atoms. The number of nitrogens with two attached hydrogens (primary N) is 1. The molecule has 1 saturated heterocycles. The van der Waals surface area contributed by atoms with Crippen molar-refractivity contribution in [3.63, 3.8) is 0 Å². The highest BCUT2D eigenvalue weighted by Gasteiger charge is 2.17. The molecule has 1 fully saturated rings. The highest BCUT2D eigenvalue weighted by Crippen LogP contribution is 2.33. The summed E-state index contributed by atoms with van der Waals surface area (Å²) in [6.45, 7) is 3.95. The smallest absolute Gasteiger partial charge is 0.221 e. The molecule has 6 heteroatoms. The largest absolute Gasteiger partial charge is 0.368 e. The zero-order chi connectivity index (χ0) is 19.6. The van der Waals surface area contributed by atoms with Crippen LogP contribution in [0.25, 0.3) is 33.5 Å².